The summed E-state index contributed by atoms with van der Waals surface area (Å²) >= 11 is 0. The molecule has 0 bridgehead atoms. The molecular formula is C24H42O8. The Bertz CT molecular complexity index is 466. The number of esters is 2. The fourth-order valence-corrected chi connectivity index (χ4v) is 2.52. The van der Waals surface area contributed by atoms with E-state index in [9.17, 15) is 24.0 Å². The van der Waals surface area contributed by atoms with E-state index in [1.165, 1.54) is 0 Å². The number of aliphatic hydroxyl groups is 1. The standard InChI is InChI=1S/C18H34O4.C6H8O4/c1-3-5-15-21-17(19)13-11-9-7-8-10-12-14-18(20)22-16-6-4-2;7-3-1-6(10,5-9)2-4-8/h3-16H2,1-2H3;3-5,10H,1-2H2. The SMILES string of the molecule is CCCCOC(=O)CCCCCCCCC(=O)OCCCC.O=CCC(O)(C=O)CC=O. The summed E-state index contributed by atoms with van der Waals surface area (Å²) in [5.74, 6) is -0.133. The van der Waals surface area contributed by atoms with Crippen molar-refractivity contribution in [1.82, 2.24) is 0 Å². The second-order valence-electron chi connectivity index (χ2n) is 7.73. The van der Waals surface area contributed by atoms with Crippen LogP contribution in [0.5, 0.6) is 0 Å². The molecule has 32 heavy (non-hydrogen) atoms. The van der Waals surface area contributed by atoms with Crippen molar-refractivity contribution in [2.45, 2.75) is 109 Å². The van der Waals surface area contributed by atoms with Gasteiger partial charge in [-0.2, -0.15) is 0 Å². The minimum absolute atomic E-state index is 0.0664. The lowest BCUT2D eigenvalue weighted by Crippen LogP contribution is -2.31. The molecule has 186 valence electrons. The van der Waals surface area contributed by atoms with Crippen molar-refractivity contribution < 1.29 is 38.6 Å². The van der Waals surface area contributed by atoms with Crippen LogP contribution in [0.15, 0.2) is 0 Å². The van der Waals surface area contributed by atoms with Crippen molar-refractivity contribution >= 4 is 30.8 Å². The summed E-state index contributed by atoms with van der Waals surface area (Å²) in [6.45, 7) is 5.28. The molecule has 0 unspecified atom stereocenters. The lowest BCUT2D eigenvalue weighted by atomic mass is 10.00. The first-order chi connectivity index (χ1) is 15.4. The van der Waals surface area contributed by atoms with Crippen LogP contribution in [0, 0.1) is 0 Å². The van der Waals surface area contributed by atoms with Crippen molar-refractivity contribution in [3.05, 3.63) is 0 Å². The monoisotopic (exact) mass is 458 g/mol. The second kappa shape index (κ2) is 23.6. The number of hydrogen-bond acceptors (Lipinski definition) is 8. The highest BCUT2D eigenvalue weighted by molar-refractivity contribution is 5.73. The molecule has 8 heteroatoms. The van der Waals surface area contributed by atoms with Crippen LogP contribution in [0.1, 0.15) is 104 Å². The molecule has 8 nitrogen and oxygen atoms in total. The van der Waals surface area contributed by atoms with Crippen molar-refractivity contribution in [1.29, 1.82) is 0 Å². The number of unbranched alkanes of at least 4 members (excludes halogenated alkanes) is 7. The molecule has 1 N–H and O–H groups in total. The maximum absolute atomic E-state index is 11.4. The molecule has 0 saturated carbocycles. The van der Waals surface area contributed by atoms with Crippen LogP contribution in [-0.4, -0.2) is 54.7 Å². The molecule has 0 atom stereocenters. The number of rotatable bonds is 20. The summed E-state index contributed by atoms with van der Waals surface area (Å²) in [6, 6.07) is 0. The zero-order valence-electron chi connectivity index (χ0n) is 19.9. The molecule has 0 fully saturated rings. The van der Waals surface area contributed by atoms with Crippen LogP contribution >= 0.6 is 0 Å². The van der Waals surface area contributed by atoms with Gasteiger partial charge in [0.1, 0.15) is 18.2 Å². The van der Waals surface area contributed by atoms with E-state index in [1.807, 2.05) is 0 Å². The minimum atomic E-state index is -1.77. The molecule has 0 aliphatic carbocycles. The molecule has 0 heterocycles. The summed E-state index contributed by atoms with van der Waals surface area (Å²) in [7, 11) is 0. The van der Waals surface area contributed by atoms with E-state index in [4.69, 9.17) is 14.6 Å². The lowest BCUT2D eigenvalue weighted by molar-refractivity contribution is -0.144. The average molecular weight is 459 g/mol. The van der Waals surface area contributed by atoms with E-state index in [0.717, 1.165) is 64.2 Å². The zero-order chi connectivity index (χ0) is 24.5. The molecule has 0 aliphatic rings. The molecule has 0 spiro atoms. The molecule has 0 saturated heterocycles. The number of aldehydes is 3. The van der Waals surface area contributed by atoms with Gasteiger partial charge in [0.15, 0.2) is 6.29 Å². The number of carbonyl (C=O) groups is 5. The molecule has 0 aromatic heterocycles. The molecule has 0 aromatic rings. The third-order valence-corrected chi connectivity index (χ3v) is 4.63. The largest absolute Gasteiger partial charge is 0.466 e. The summed E-state index contributed by atoms with van der Waals surface area (Å²) in [5.41, 5.74) is -1.77. The van der Waals surface area contributed by atoms with Crippen LogP contribution in [0.4, 0.5) is 0 Å². The van der Waals surface area contributed by atoms with E-state index in [1.54, 1.807) is 0 Å². The van der Waals surface area contributed by atoms with Gasteiger partial charge in [0.2, 0.25) is 0 Å². The molecule has 0 aliphatic heterocycles. The maximum atomic E-state index is 11.4. The first-order valence-corrected chi connectivity index (χ1v) is 11.8. The van der Waals surface area contributed by atoms with Gasteiger partial charge >= 0.3 is 11.9 Å². The molecule has 0 aromatic carbocycles. The van der Waals surface area contributed by atoms with E-state index < -0.39 is 5.60 Å². The predicted molar refractivity (Wildman–Crippen MR) is 121 cm³/mol. The van der Waals surface area contributed by atoms with Crippen molar-refractivity contribution in [3.63, 3.8) is 0 Å². The Labute approximate surface area is 192 Å². The van der Waals surface area contributed by atoms with Crippen LogP contribution in [-0.2, 0) is 33.4 Å². The highest BCUT2D eigenvalue weighted by Gasteiger charge is 2.24. The highest BCUT2D eigenvalue weighted by Crippen LogP contribution is 2.10. The van der Waals surface area contributed by atoms with Gasteiger partial charge in [-0.25, -0.2) is 0 Å². The third kappa shape index (κ3) is 22.6. The van der Waals surface area contributed by atoms with Gasteiger partial charge in [-0.05, 0) is 25.7 Å². The third-order valence-electron chi connectivity index (χ3n) is 4.63. The van der Waals surface area contributed by atoms with Crippen molar-refractivity contribution in [3.8, 4) is 0 Å². The first kappa shape index (κ1) is 32.1. The quantitative estimate of drug-likeness (QED) is 0.165. The molecule has 0 amide bonds. The van der Waals surface area contributed by atoms with Gasteiger partial charge in [0, 0.05) is 25.7 Å². The lowest BCUT2D eigenvalue weighted by Gasteiger charge is -2.13. The second-order valence-corrected chi connectivity index (χ2v) is 7.73. The Kier molecular flexibility index (Phi) is 23.6. The number of hydrogen-bond donors (Lipinski definition) is 1. The molecule has 0 radical (unpaired) electrons. The smallest absolute Gasteiger partial charge is 0.305 e. The van der Waals surface area contributed by atoms with E-state index >= 15 is 0 Å². The molecule has 0 rings (SSSR count). The van der Waals surface area contributed by atoms with Crippen LogP contribution in [0.25, 0.3) is 0 Å². The summed E-state index contributed by atoms with van der Waals surface area (Å²) < 4.78 is 10.2. The summed E-state index contributed by atoms with van der Waals surface area (Å²) in [5, 5.41) is 8.99. The van der Waals surface area contributed by atoms with Gasteiger partial charge in [-0.3, -0.25) is 9.59 Å². The normalized spacial score (nSPS) is 10.5. The predicted octanol–water partition coefficient (Wildman–Crippen LogP) is 3.89. The summed E-state index contributed by atoms with van der Waals surface area (Å²) in [6.07, 6.45) is 11.6. The van der Waals surface area contributed by atoms with Gasteiger partial charge in [-0.1, -0.05) is 52.4 Å². The van der Waals surface area contributed by atoms with Crippen molar-refractivity contribution in [2.75, 3.05) is 13.2 Å². The first-order valence-electron chi connectivity index (χ1n) is 11.8. The van der Waals surface area contributed by atoms with Crippen molar-refractivity contribution in [2.24, 2.45) is 0 Å². The van der Waals surface area contributed by atoms with Gasteiger partial charge in [0.25, 0.3) is 0 Å². The van der Waals surface area contributed by atoms with Gasteiger partial charge in [0.05, 0.1) is 13.2 Å². The van der Waals surface area contributed by atoms with Crippen LogP contribution in [0.2, 0.25) is 0 Å². The number of ether oxygens (including phenoxy) is 2. The van der Waals surface area contributed by atoms with Crippen LogP contribution in [0.3, 0.4) is 0 Å². The minimum Gasteiger partial charge on any atom is -0.466 e. The van der Waals surface area contributed by atoms with Gasteiger partial charge in [-0.15, -0.1) is 0 Å². The Morgan fingerprint density at radius 2 is 1.06 bits per heavy atom. The van der Waals surface area contributed by atoms with E-state index in [0.29, 0.717) is 38.6 Å². The Balaban J connectivity index is 0. The average Bonchev–Trinajstić information content (AvgIpc) is 2.77. The summed E-state index contributed by atoms with van der Waals surface area (Å²) in [4.78, 5) is 52.4. The van der Waals surface area contributed by atoms with E-state index in [-0.39, 0.29) is 31.1 Å². The fraction of sp³-hybridized carbons (Fsp3) is 0.792. The number of carbonyl (C=O) groups excluding carboxylic acids is 5. The zero-order valence-corrected chi connectivity index (χ0v) is 19.9. The Morgan fingerprint density at radius 1 is 0.688 bits per heavy atom. The molecular weight excluding hydrogens is 416 g/mol. The topological polar surface area (TPSA) is 124 Å². The van der Waals surface area contributed by atoms with E-state index in [2.05, 4.69) is 13.8 Å². The van der Waals surface area contributed by atoms with Gasteiger partial charge < -0.3 is 29.0 Å². The maximum Gasteiger partial charge on any atom is 0.305 e. The Hall–Kier alpha value is -2.09. The van der Waals surface area contributed by atoms with Crippen LogP contribution < -0.4 is 0 Å². The Morgan fingerprint density at radius 3 is 1.38 bits per heavy atom. The fourth-order valence-electron chi connectivity index (χ4n) is 2.52. The highest BCUT2D eigenvalue weighted by atomic mass is 16.5.